The summed E-state index contributed by atoms with van der Waals surface area (Å²) >= 11 is 0. The van der Waals surface area contributed by atoms with Crippen molar-refractivity contribution < 1.29 is 13.2 Å². The summed E-state index contributed by atoms with van der Waals surface area (Å²) in [5.41, 5.74) is -1.52. The Morgan fingerprint density at radius 2 is 2.15 bits per heavy atom. The molecule has 1 saturated carbocycles. The molecule has 0 aliphatic heterocycles. The summed E-state index contributed by atoms with van der Waals surface area (Å²) in [6, 6.07) is 0. The van der Waals surface area contributed by atoms with Crippen LogP contribution < -0.4 is 0 Å². The zero-order valence-corrected chi connectivity index (χ0v) is 6.73. The second-order valence-corrected chi connectivity index (χ2v) is 3.39. The van der Waals surface area contributed by atoms with Crippen LogP contribution in [-0.2, 0) is 6.42 Å². The fourth-order valence-corrected chi connectivity index (χ4v) is 1.35. The summed E-state index contributed by atoms with van der Waals surface area (Å²) in [4.78, 5) is 3.69. The standard InChI is InChI=1S/C7H8F3N3/c8-7(9,10)6(1-2-6)3-5-11-4-12-13-5/h4H,1-3H2,(H,11,12,13). The van der Waals surface area contributed by atoms with Gasteiger partial charge in [-0.1, -0.05) is 0 Å². The number of nitrogens with zero attached hydrogens (tertiary/aromatic N) is 2. The fraction of sp³-hybridized carbons (Fsp3) is 0.714. The third-order valence-electron chi connectivity index (χ3n) is 2.43. The van der Waals surface area contributed by atoms with Gasteiger partial charge in [-0.3, -0.25) is 5.10 Å². The summed E-state index contributed by atoms with van der Waals surface area (Å²) < 4.78 is 37.3. The van der Waals surface area contributed by atoms with Crippen LogP contribution in [0.4, 0.5) is 13.2 Å². The average Bonchev–Trinajstić information content (AvgIpc) is 2.59. The Kier molecular flexibility index (Phi) is 1.61. The number of aromatic amines is 1. The number of rotatable bonds is 2. The van der Waals surface area contributed by atoms with Gasteiger partial charge in [-0.2, -0.15) is 18.3 Å². The van der Waals surface area contributed by atoms with Gasteiger partial charge < -0.3 is 0 Å². The van der Waals surface area contributed by atoms with E-state index in [1.54, 1.807) is 0 Å². The topological polar surface area (TPSA) is 41.6 Å². The maximum Gasteiger partial charge on any atom is 0.394 e. The Morgan fingerprint density at radius 1 is 1.46 bits per heavy atom. The molecule has 0 bridgehead atoms. The Morgan fingerprint density at radius 3 is 2.54 bits per heavy atom. The van der Waals surface area contributed by atoms with Gasteiger partial charge in [0, 0.05) is 6.42 Å². The zero-order chi connectivity index (χ0) is 9.53. The molecular formula is C7H8F3N3. The molecule has 1 aliphatic carbocycles. The first-order valence-corrected chi connectivity index (χ1v) is 3.94. The molecule has 1 heterocycles. The summed E-state index contributed by atoms with van der Waals surface area (Å²) in [6.45, 7) is 0. The van der Waals surface area contributed by atoms with Crippen LogP contribution in [0.15, 0.2) is 6.33 Å². The smallest absolute Gasteiger partial charge is 0.263 e. The van der Waals surface area contributed by atoms with Crippen molar-refractivity contribution >= 4 is 0 Å². The first kappa shape index (κ1) is 8.52. The molecule has 72 valence electrons. The van der Waals surface area contributed by atoms with Crippen LogP contribution in [0.3, 0.4) is 0 Å². The molecule has 0 unspecified atom stereocenters. The first-order chi connectivity index (χ1) is 6.04. The molecule has 1 aromatic heterocycles. The van der Waals surface area contributed by atoms with Gasteiger partial charge in [0.2, 0.25) is 0 Å². The molecule has 0 radical (unpaired) electrons. The van der Waals surface area contributed by atoms with E-state index in [2.05, 4.69) is 15.2 Å². The second kappa shape index (κ2) is 2.46. The van der Waals surface area contributed by atoms with Gasteiger partial charge in [0.05, 0.1) is 5.41 Å². The number of halogens is 3. The number of alkyl halides is 3. The number of hydrogen-bond acceptors (Lipinski definition) is 2. The monoisotopic (exact) mass is 191 g/mol. The summed E-state index contributed by atoms with van der Waals surface area (Å²) in [6.07, 6.45) is -2.55. The van der Waals surface area contributed by atoms with E-state index in [-0.39, 0.29) is 19.3 Å². The van der Waals surface area contributed by atoms with Gasteiger partial charge >= 0.3 is 6.18 Å². The molecule has 0 saturated heterocycles. The molecule has 0 spiro atoms. The molecule has 6 heteroatoms. The predicted octanol–water partition coefficient (Wildman–Crippen LogP) is 1.69. The molecule has 1 fully saturated rings. The van der Waals surface area contributed by atoms with Gasteiger partial charge in [0.15, 0.2) is 0 Å². The van der Waals surface area contributed by atoms with Crippen LogP contribution in [0.1, 0.15) is 18.7 Å². The minimum Gasteiger partial charge on any atom is -0.263 e. The molecule has 0 amide bonds. The van der Waals surface area contributed by atoms with Crippen molar-refractivity contribution in [3.05, 3.63) is 12.2 Å². The van der Waals surface area contributed by atoms with E-state index in [0.717, 1.165) is 0 Å². The van der Waals surface area contributed by atoms with Crippen molar-refractivity contribution in [2.75, 3.05) is 0 Å². The minimum absolute atomic E-state index is 0.0729. The molecule has 2 rings (SSSR count). The second-order valence-electron chi connectivity index (χ2n) is 3.39. The molecule has 1 aromatic rings. The van der Waals surface area contributed by atoms with E-state index >= 15 is 0 Å². The van der Waals surface area contributed by atoms with Gasteiger partial charge in [0.25, 0.3) is 0 Å². The highest BCUT2D eigenvalue weighted by atomic mass is 19.4. The Labute approximate surface area is 72.4 Å². The predicted molar refractivity (Wildman–Crippen MR) is 37.8 cm³/mol. The highest BCUT2D eigenvalue weighted by Crippen LogP contribution is 2.59. The quantitative estimate of drug-likeness (QED) is 0.772. The lowest BCUT2D eigenvalue weighted by Crippen LogP contribution is -2.27. The van der Waals surface area contributed by atoms with Gasteiger partial charge in [-0.25, -0.2) is 4.98 Å². The van der Waals surface area contributed by atoms with Crippen LogP contribution in [0.2, 0.25) is 0 Å². The van der Waals surface area contributed by atoms with Crippen molar-refractivity contribution in [1.29, 1.82) is 0 Å². The number of nitrogens with one attached hydrogen (secondary N) is 1. The van der Waals surface area contributed by atoms with Gasteiger partial charge in [0.1, 0.15) is 12.2 Å². The van der Waals surface area contributed by atoms with Crippen LogP contribution in [0.5, 0.6) is 0 Å². The Hall–Kier alpha value is -1.07. The van der Waals surface area contributed by atoms with Crippen LogP contribution in [0.25, 0.3) is 0 Å². The van der Waals surface area contributed by atoms with E-state index in [9.17, 15) is 13.2 Å². The SMILES string of the molecule is FC(F)(F)C1(Cc2ncn[nH]2)CC1. The lowest BCUT2D eigenvalue weighted by atomic mass is 10.0. The largest absolute Gasteiger partial charge is 0.394 e. The summed E-state index contributed by atoms with van der Waals surface area (Å²) in [7, 11) is 0. The Balaban J connectivity index is 2.10. The van der Waals surface area contributed by atoms with E-state index in [0.29, 0.717) is 5.82 Å². The first-order valence-electron chi connectivity index (χ1n) is 3.94. The lowest BCUT2D eigenvalue weighted by Gasteiger charge is -2.17. The van der Waals surface area contributed by atoms with Crippen molar-refractivity contribution in [3.63, 3.8) is 0 Å². The fourth-order valence-electron chi connectivity index (χ4n) is 1.35. The van der Waals surface area contributed by atoms with E-state index in [4.69, 9.17) is 0 Å². The van der Waals surface area contributed by atoms with E-state index < -0.39 is 11.6 Å². The normalized spacial score (nSPS) is 20.2. The molecule has 0 aromatic carbocycles. The molecule has 1 N–H and O–H groups in total. The van der Waals surface area contributed by atoms with E-state index in [1.165, 1.54) is 6.33 Å². The number of H-pyrrole nitrogens is 1. The number of hydrogen-bond donors (Lipinski definition) is 1. The lowest BCUT2D eigenvalue weighted by molar-refractivity contribution is -0.187. The molecule has 1 aliphatic rings. The minimum atomic E-state index is -4.11. The third kappa shape index (κ3) is 1.40. The molecule has 3 nitrogen and oxygen atoms in total. The maximum absolute atomic E-state index is 12.4. The third-order valence-corrected chi connectivity index (χ3v) is 2.43. The average molecular weight is 191 g/mol. The Bertz CT molecular complexity index is 286. The molecule has 13 heavy (non-hydrogen) atoms. The van der Waals surface area contributed by atoms with Crippen LogP contribution in [0, 0.1) is 5.41 Å². The van der Waals surface area contributed by atoms with Crippen molar-refractivity contribution in [2.45, 2.75) is 25.4 Å². The van der Waals surface area contributed by atoms with Gasteiger partial charge in [-0.05, 0) is 12.8 Å². The number of aromatic nitrogens is 3. The molecule has 0 atom stereocenters. The van der Waals surface area contributed by atoms with Crippen molar-refractivity contribution in [1.82, 2.24) is 15.2 Å². The van der Waals surface area contributed by atoms with Gasteiger partial charge in [-0.15, -0.1) is 0 Å². The zero-order valence-electron chi connectivity index (χ0n) is 6.73. The summed E-state index contributed by atoms with van der Waals surface area (Å²) in [5.74, 6) is 0.315. The maximum atomic E-state index is 12.4. The van der Waals surface area contributed by atoms with Crippen molar-refractivity contribution in [2.24, 2.45) is 5.41 Å². The van der Waals surface area contributed by atoms with Crippen LogP contribution in [-0.4, -0.2) is 21.4 Å². The highest BCUT2D eigenvalue weighted by molar-refractivity contribution is 5.05. The van der Waals surface area contributed by atoms with E-state index in [1.807, 2.05) is 0 Å². The summed E-state index contributed by atoms with van der Waals surface area (Å²) in [5, 5.41) is 5.96. The van der Waals surface area contributed by atoms with Crippen molar-refractivity contribution in [3.8, 4) is 0 Å². The molecular weight excluding hydrogens is 183 g/mol. The highest BCUT2D eigenvalue weighted by Gasteiger charge is 2.63. The van der Waals surface area contributed by atoms with Crippen LogP contribution >= 0.6 is 0 Å².